The van der Waals surface area contributed by atoms with E-state index in [1.165, 1.54) is 31.4 Å². The highest BCUT2D eigenvalue weighted by Gasteiger charge is 2.31. The number of carbonyl (C=O) groups is 1. The van der Waals surface area contributed by atoms with Gasteiger partial charge in [0.05, 0.1) is 17.6 Å². The van der Waals surface area contributed by atoms with E-state index in [4.69, 9.17) is 9.88 Å². The Kier molecular flexibility index (Phi) is 5.42. The highest BCUT2D eigenvalue weighted by Crippen LogP contribution is 2.26. The van der Waals surface area contributed by atoms with Gasteiger partial charge in [-0.3, -0.25) is 4.79 Å². The monoisotopic (exact) mass is 390 g/mol. The van der Waals surface area contributed by atoms with Crippen LogP contribution < -0.4 is 19.9 Å². The number of hydrogen-bond donors (Lipinski definition) is 2. The molecule has 0 fully saturated rings. The van der Waals surface area contributed by atoms with Gasteiger partial charge < -0.3 is 14.8 Å². The van der Waals surface area contributed by atoms with E-state index in [1.807, 2.05) is 0 Å². The molecule has 1 amide bonds. The van der Waals surface area contributed by atoms with Crippen LogP contribution in [0, 0.1) is 0 Å². The third-order valence-corrected chi connectivity index (χ3v) is 4.00. The van der Waals surface area contributed by atoms with E-state index in [2.05, 4.69) is 10.1 Å². The first-order valence-electron chi connectivity index (χ1n) is 6.87. The number of nitrogens with two attached hydrogens (primary N) is 1. The molecule has 0 radical (unpaired) electrons. The van der Waals surface area contributed by atoms with Crippen molar-refractivity contribution in [2.24, 2.45) is 5.14 Å². The van der Waals surface area contributed by atoms with Crippen molar-refractivity contribution in [3.8, 4) is 11.5 Å². The molecule has 2 aromatic carbocycles. The summed E-state index contributed by atoms with van der Waals surface area (Å²) in [5.74, 6) is -1.10. The first-order chi connectivity index (χ1) is 12.0. The number of ether oxygens (including phenoxy) is 2. The van der Waals surface area contributed by atoms with Crippen LogP contribution in [-0.2, 0) is 10.0 Å². The molecule has 0 bridgehead atoms. The SMILES string of the molecule is COc1ccc(S(N)(=O)=O)cc1C(=O)Nc1ccc(OC(F)(F)F)cc1. The second kappa shape index (κ2) is 7.22. The zero-order valence-electron chi connectivity index (χ0n) is 13.2. The number of hydrogen-bond acceptors (Lipinski definition) is 5. The number of halogens is 3. The Hall–Kier alpha value is -2.79. The lowest BCUT2D eigenvalue weighted by Crippen LogP contribution is -2.17. The van der Waals surface area contributed by atoms with Crippen LogP contribution in [0.3, 0.4) is 0 Å². The number of amides is 1. The van der Waals surface area contributed by atoms with Crippen molar-refractivity contribution in [3.63, 3.8) is 0 Å². The van der Waals surface area contributed by atoms with Gasteiger partial charge >= 0.3 is 6.36 Å². The van der Waals surface area contributed by atoms with Crippen molar-refractivity contribution >= 4 is 21.6 Å². The van der Waals surface area contributed by atoms with E-state index in [-0.39, 0.29) is 21.9 Å². The van der Waals surface area contributed by atoms with Crippen LogP contribution in [0.4, 0.5) is 18.9 Å². The molecule has 0 aliphatic heterocycles. The summed E-state index contributed by atoms with van der Waals surface area (Å²) >= 11 is 0. The van der Waals surface area contributed by atoms with Crippen LogP contribution >= 0.6 is 0 Å². The molecule has 7 nitrogen and oxygen atoms in total. The Balaban J connectivity index is 2.24. The van der Waals surface area contributed by atoms with Crippen molar-refractivity contribution in [3.05, 3.63) is 48.0 Å². The van der Waals surface area contributed by atoms with E-state index >= 15 is 0 Å². The molecule has 0 aliphatic rings. The number of carbonyl (C=O) groups excluding carboxylic acids is 1. The lowest BCUT2D eigenvalue weighted by atomic mass is 10.2. The summed E-state index contributed by atoms with van der Waals surface area (Å²) in [6, 6.07) is 7.87. The predicted octanol–water partition coefficient (Wildman–Crippen LogP) is 2.49. The maximum Gasteiger partial charge on any atom is 0.573 e. The molecule has 11 heteroatoms. The third kappa shape index (κ3) is 5.10. The van der Waals surface area contributed by atoms with Crippen LogP contribution in [0.1, 0.15) is 10.4 Å². The fraction of sp³-hybridized carbons (Fsp3) is 0.133. The Morgan fingerprint density at radius 3 is 2.23 bits per heavy atom. The maximum atomic E-state index is 12.3. The number of alkyl halides is 3. The number of nitrogens with one attached hydrogen (secondary N) is 1. The topological polar surface area (TPSA) is 108 Å². The quantitative estimate of drug-likeness (QED) is 0.816. The van der Waals surface area contributed by atoms with Gasteiger partial charge in [0, 0.05) is 5.69 Å². The Morgan fingerprint density at radius 1 is 1.12 bits per heavy atom. The molecular weight excluding hydrogens is 377 g/mol. The standard InChI is InChI=1S/C15H13F3N2O5S/c1-24-13-7-6-11(26(19,22)23)8-12(13)14(21)20-9-2-4-10(5-3-9)25-15(16,17)18/h2-8H,1H3,(H,20,21)(H2,19,22,23). The van der Waals surface area contributed by atoms with Gasteiger partial charge in [-0.05, 0) is 42.5 Å². The average Bonchev–Trinajstić information content (AvgIpc) is 2.53. The molecule has 0 aliphatic carbocycles. The number of methoxy groups -OCH3 is 1. The van der Waals surface area contributed by atoms with Gasteiger partial charge in [0.15, 0.2) is 0 Å². The van der Waals surface area contributed by atoms with Crippen LogP contribution in [0.2, 0.25) is 0 Å². The second-order valence-electron chi connectivity index (χ2n) is 4.93. The molecule has 0 aromatic heterocycles. The van der Waals surface area contributed by atoms with E-state index in [0.29, 0.717) is 0 Å². The van der Waals surface area contributed by atoms with E-state index in [1.54, 1.807) is 0 Å². The smallest absolute Gasteiger partial charge is 0.496 e. The number of rotatable bonds is 5. The molecule has 0 saturated heterocycles. The van der Waals surface area contributed by atoms with Gasteiger partial charge in [-0.25, -0.2) is 13.6 Å². The minimum atomic E-state index is -4.83. The van der Waals surface area contributed by atoms with Crippen LogP contribution in [-0.4, -0.2) is 27.8 Å². The lowest BCUT2D eigenvalue weighted by molar-refractivity contribution is -0.274. The molecule has 0 atom stereocenters. The van der Waals surface area contributed by atoms with Gasteiger partial charge in [-0.2, -0.15) is 0 Å². The fourth-order valence-corrected chi connectivity index (χ4v) is 2.52. The van der Waals surface area contributed by atoms with Gasteiger partial charge in [-0.1, -0.05) is 0 Å². The summed E-state index contributed by atoms with van der Waals surface area (Å²) in [7, 11) is -2.75. The van der Waals surface area contributed by atoms with Gasteiger partial charge in [0.25, 0.3) is 5.91 Å². The summed E-state index contributed by atoms with van der Waals surface area (Å²) in [4.78, 5) is 12.1. The normalized spacial score (nSPS) is 11.7. The summed E-state index contributed by atoms with van der Waals surface area (Å²) in [6.07, 6.45) is -4.83. The molecule has 0 spiro atoms. The molecule has 2 rings (SSSR count). The first kappa shape index (κ1) is 19.5. The Labute approximate surface area is 146 Å². The van der Waals surface area contributed by atoms with E-state index in [0.717, 1.165) is 18.2 Å². The van der Waals surface area contributed by atoms with Crippen molar-refractivity contribution in [2.75, 3.05) is 12.4 Å². The van der Waals surface area contributed by atoms with E-state index in [9.17, 15) is 26.4 Å². The number of benzene rings is 2. The predicted molar refractivity (Wildman–Crippen MR) is 85.4 cm³/mol. The minimum Gasteiger partial charge on any atom is -0.496 e. The summed E-state index contributed by atoms with van der Waals surface area (Å²) in [5, 5.41) is 7.44. The van der Waals surface area contributed by atoms with Crippen molar-refractivity contribution in [2.45, 2.75) is 11.3 Å². The van der Waals surface area contributed by atoms with Crippen molar-refractivity contribution in [1.82, 2.24) is 0 Å². The maximum absolute atomic E-state index is 12.3. The molecule has 3 N–H and O–H groups in total. The molecule has 0 heterocycles. The molecule has 2 aromatic rings. The second-order valence-corrected chi connectivity index (χ2v) is 6.49. The summed E-state index contributed by atoms with van der Waals surface area (Å²) < 4.78 is 67.9. The molecule has 0 saturated carbocycles. The highest BCUT2D eigenvalue weighted by atomic mass is 32.2. The summed E-state index contributed by atoms with van der Waals surface area (Å²) in [6.45, 7) is 0. The Bertz CT molecular complexity index is 912. The van der Waals surface area contributed by atoms with E-state index < -0.39 is 28.0 Å². The largest absolute Gasteiger partial charge is 0.573 e. The average molecular weight is 390 g/mol. The number of sulfonamides is 1. The van der Waals surface area contributed by atoms with Gasteiger partial charge in [0.2, 0.25) is 10.0 Å². The first-order valence-corrected chi connectivity index (χ1v) is 8.42. The van der Waals surface area contributed by atoms with Gasteiger partial charge in [-0.15, -0.1) is 13.2 Å². The van der Waals surface area contributed by atoms with Crippen LogP contribution in [0.15, 0.2) is 47.4 Å². The minimum absolute atomic E-state index is 0.0897. The zero-order valence-corrected chi connectivity index (χ0v) is 14.0. The third-order valence-electron chi connectivity index (χ3n) is 3.09. The fourth-order valence-electron chi connectivity index (χ4n) is 1.98. The Morgan fingerprint density at radius 2 is 1.73 bits per heavy atom. The highest BCUT2D eigenvalue weighted by molar-refractivity contribution is 7.89. The summed E-state index contributed by atoms with van der Waals surface area (Å²) in [5.41, 5.74) is 0.0437. The molecular formula is C15H13F3N2O5S. The number of primary sulfonamides is 1. The van der Waals surface area contributed by atoms with Crippen molar-refractivity contribution in [1.29, 1.82) is 0 Å². The number of anilines is 1. The molecule has 140 valence electrons. The molecule has 26 heavy (non-hydrogen) atoms. The van der Waals surface area contributed by atoms with Gasteiger partial charge in [0.1, 0.15) is 11.5 Å². The molecule has 0 unspecified atom stereocenters. The lowest BCUT2D eigenvalue weighted by Gasteiger charge is -2.12. The van der Waals surface area contributed by atoms with Crippen molar-refractivity contribution < 1.29 is 35.9 Å². The van der Waals surface area contributed by atoms with Crippen LogP contribution in [0.5, 0.6) is 11.5 Å². The van der Waals surface area contributed by atoms with Crippen LogP contribution in [0.25, 0.3) is 0 Å². The zero-order chi connectivity index (χ0) is 19.5.